The van der Waals surface area contributed by atoms with Crippen LogP contribution in [0.15, 0.2) is 0 Å². The number of hydroxylamine groups is 2. The summed E-state index contributed by atoms with van der Waals surface area (Å²) in [6, 6.07) is -0.518. The van der Waals surface area contributed by atoms with Crippen LogP contribution in [0.5, 0.6) is 0 Å². The fourth-order valence-corrected chi connectivity index (χ4v) is 0.990. The molecule has 4 heteroatoms. The molecule has 0 aromatic heterocycles. The quantitative estimate of drug-likeness (QED) is 0.609. The van der Waals surface area contributed by atoms with Gasteiger partial charge in [0.1, 0.15) is 6.04 Å². The molecule has 0 spiro atoms. The first-order valence-electron chi connectivity index (χ1n) is 3.92. The van der Waals surface area contributed by atoms with Crippen LogP contribution < -0.4 is 5.73 Å². The van der Waals surface area contributed by atoms with Gasteiger partial charge in [-0.25, -0.2) is 4.79 Å². The van der Waals surface area contributed by atoms with Crippen LogP contribution in [0.4, 0.5) is 0 Å². The second kappa shape index (κ2) is 3.69. The molecule has 1 rings (SSSR count). The molecule has 0 amide bonds. The molecule has 64 valence electrons. The lowest BCUT2D eigenvalue weighted by Crippen LogP contribution is -2.34. The van der Waals surface area contributed by atoms with Gasteiger partial charge in [0.25, 0.3) is 0 Å². The van der Waals surface area contributed by atoms with E-state index in [9.17, 15) is 4.79 Å². The number of carbonyl (C=O) groups is 1. The third-order valence-electron chi connectivity index (χ3n) is 1.66. The standard InChI is InChI=1S/C7H14N2O2/c1-6(8)7(10)11-9-4-2-3-5-9/h6H,2-5,8H2,1H3/t6-/m0/s1. The summed E-state index contributed by atoms with van der Waals surface area (Å²) < 4.78 is 0. The average molecular weight is 158 g/mol. The van der Waals surface area contributed by atoms with Crippen molar-refractivity contribution < 1.29 is 9.63 Å². The van der Waals surface area contributed by atoms with Gasteiger partial charge in [0.2, 0.25) is 0 Å². The molecule has 0 saturated carbocycles. The van der Waals surface area contributed by atoms with E-state index in [0.717, 1.165) is 25.9 Å². The van der Waals surface area contributed by atoms with E-state index in [1.165, 1.54) is 0 Å². The topological polar surface area (TPSA) is 55.6 Å². The van der Waals surface area contributed by atoms with Crippen LogP contribution >= 0.6 is 0 Å². The molecule has 0 unspecified atom stereocenters. The second-order valence-corrected chi connectivity index (χ2v) is 2.84. The predicted octanol–water partition coefficient (Wildman–Crippen LogP) is -0.112. The maximum Gasteiger partial charge on any atom is 0.341 e. The Bertz CT molecular complexity index is 141. The molecule has 1 saturated heterocycles. The summed E-state index contributed by atoms with van der Waals surface area (Å²) in [5.41, 5.74) is 5.31. The van der Waals surface area contributed by atoms with Crippen molar-refractivity contribution in [2.45, 2.75) is 25.8 Å². The monoisotopic (exact) mass is 158 g/mol. The minimum Gasteiger partial charge on any atom is -0.366 e. The maximum atomic E-state index is 10.9. The number of rotatable bonds is 2. The highest BCUT2D eigenvalue weighted by Gasteiger charge is 2.18. The molecule has 0 aromatic rings. The lowest BCUT2D eigenvalue weighted by Gasteiger charge is -2.15. The zero-order valence-electron chi connectivity index (χ0n) is 6.75. The van der Waals surface area contributed by atoms with Gasteiger partial charge in [-0.1, -0.05) is 0 Å². The Labute approximate surface area is 66.3 Å². The van der Waals surface area contributed by atoms with Crippen molar-refractivity contribution in [2.24, 2.45) is 5.73 Å². The summed E-state index contributed by atoms with van der Waals surface area (Å²) in [6.07, 6.45) is 2.21. The normalized spacial score (nSPS) is 21.6. The van der Waals surface area contributed by atoms with E-state index in [1.807, 2.05) is 0 Å². The Balaban J connectivity index is 2.24. The summed E-state index contributed by atoms with van der Waals surface area (Å²) in [5.74, 6) is -0.341. The first kappa shape index (κ1) is 8.49. The second-order valence-electron chi connectivity index (χ2n) is 2.84. The van der Waals surface area contributed by atoms with Gasteiger partial charge < -0.3 is 10.6 Å². The SMILES string of the molecule is C[C@H](N)C(=O)ON1CCCC1. The molecule has 1 fully saturated rings. The minimum absolute atomic E-state index is 0.341. The molecule has 2 N–H and O–H groups in total. The molecule has 0 radical (unpaired) electrons. The Morgan fingerprint density at radius 2 is 2.09 bits per heavy atom. The summed E-state index contributed by atoms with van der Waals surface area (Å²) in [5, 5.41) is 1.67. The van der Waals surface area contributed by atoms with Crippen LogP contribution in [0, 0.1) is 0 Å². The lowest BCUT2D eigenvalue weighted by molar-refractivity contribution is -0.186. The molecule has 1 heterocycles. The van der Waals surface area contributed by atoms with E-state index in [1.54, 1.807) is 12.0 Å². The largest absolute Gasteiger partial charge is 0.366 e. The molecule has 11 heavy (non-hydrogen) atoms. The number of hydrogen-bond acceptors (Lipinski definition) is 4. The highest BCUT2D eigenvalue weighted by Crippen LogP contribution is 2.07. The van der Waals surface area contributed by atoms with E-state index >= 15 is 0 Å². The Morgan fingerprint density at radius 3 is 2.55 bits per heavy atom. The van der Waals surface area contributed by atoms with Crippen molar-refractivity contribution in [2.75, 3.05) is 13.1 Å². The first-order chi connectivity index (χ1) is 5.20. The van der Waals surface area contributed by atoms with Gasteiger partial charge in [-0.3, -0.25) is 0 Å². The maximum absolute atomic E-state index is 10.9. The Morgan fingerprint density at radius 1 is 1.55 bits per heavy atom. The van der Waals surface area contributed by atoms with E-state index in [2.05, 4.69) is 0 Å². The summed E-state index contributed by atoms with van der Waals surface area (Å²) in [6.45, 7) is 3.31. The zero-order valence-corrected chi connectivity index (χ0v) is 6.75. The van der Waals surface area contributed by atoms with Gasteiger partial charge in [0, 0.05) is 13.1 Å². The summed E-state index contributed by atoms with van der Waals surface area (Å²) in [4.78, 5) is 15.9. The molecule has 0 aliphatic carbocycles. The Kier molecular flexibility index (Phi) is 2.84. The van der Waals surface area contributed by atoms with Crippen molar-refractivity contribution in [3.05, 3.63) is 0 Å². The van der Waals surface area contributed by atoms with Gasteiger partial charge >= 0.3 is 5.97 Å². The van der Waals surface area contributed by atoms with Crippen LogP contribution in [0.1, 0.15) is 19.8 Å². The smallest absolute Gasteiger partial charge is 0.341 e. The fourth-order valence-electron chi connectivity index (χ4n) is 0.990. The van der Waals surface area contributed by atoms with Crippen molar-refractivity contribution in [1.29, 1.82) is 0 Å². The van der Waals surface area contributed by atoms with Crippen molar-refractivity contribution in [1.82, 2.24) is 5.06 Å². The number of nitrogens with zero attached hydrogens (tertiary/aromatic N) is 1. The highest BCUT2D eigenvalue weighted by atomic mass is 16.7. The molecular formula is C7H14N2O2. The fraction of sp³-hybridized carbons (Fsp3) is 0.857. The van der Waals surface area contributed by atoms with E-state index in [0.29, 0.717) is 0 Å². The average Bonchev–Trinajstić information content (AvgIpc) is 2.39. The van der Waals surface area contributed by atoms with E-state index < -0.39 is 6.04 Å². The Hall–Kier alpha value is -0.610. The van der Waals surface area contributed by atoms with Crippen molar-refractivity contribution in [3.63, 3.8) is 0 Å². The van der Waals surface area contributed by atoms with Crippen LogP contribution in [0.25, 0.3) is 0 Å². The molecule has 0 bridgehead atoms. The third kappa shape index (κ3) is 2.48. The van der Waals surface area contributed by atoms with Crippen LogP contribution in [0.2, 0.25) is 0 Å². The van der Waals surface area contributed by atoms with Crippen LogP contribution in [-0.4, -0.2) is 30.2 Å². The highest BCUT2D eigenvalue weighted by molar-refractivity contribution is 5.74. The molecule has 1 aliphatic heterocycles. The summed E-state index contributed by atoms with van der Waals surface area (Å²) >= 11 is 0. The van der Waals surface area contributed by atoms with Gasteiger partial charge in [0.15, 0.2) is 0 Å². The zero-order chi connectivity index (χ0) is 8.27. The lowest BCUT2D eigenvalue weighted by atomic mass is 10.4. The molecule has 1 atom stereocenters. The molecule has 0 aromatic carbocycles. The first-order valence-corrected chi connectivity index (χ1v) is 3.92. The molecule has 4 nitrogen and oxygen atoms in total. The van der Waals surface area contributed by atoms with Gasteiger partial charge in [0.05, 0.1) is 0 Å². The molecular weight excluding hydrogens is 144 g/mol. The van der Waals surface area contributed by atoms with Gasteiger partial charge in [-0.05, 0) is 19.8 Å². The van der Waals surface area contributed by atoms with Crippen molar-refractivity contribution >= 4 is 5.97 Å². The predicted molar refractivity (Wildman–Crippen MR) is 40.5 cm³/mol. The van der Waals surface area contributed by atoms with Crippen LogP contribution in [0.3, 0.4) is 0 Å². The van der Waals surface area contributed by atoms with E-state index in [4.69, 9.17) is 10.6 Å². The molecule has 1 aliphatic rings. The van der Waals surface area contributed by atoms with Gasteiger partial charge in [-0.2, -0.15) is 0 Å². The minimum atomic E-state index is -0.518. The summed E-state index contributed by atoms with van der Waals surface area (Å²) in [7, 11) is 0. The van der Waals surface area contributed by atoms with Crippen LogP contribution in [-0.2, 0) is 9.63 Å². The van der Waals surface area contributed by atoms with Crippen molar-refractivity contribution in [3.8, 4) is 0 Å². The van der Waals surface area contributed by atoms with E-state index in [-0.39, 0.29) is 5.97 Å². The number of hydrogen-bond donors (Lipinski definition) is 1. The number of nitrogens with two attached hydrogens (primary N) is 1. The third-order valence-corrected chi connectivity index (χ3v) is 1.66. The number of carbonyl (C=O) groups excluding carboxylic acids is 1. The van der Waals surface area contributed by atoms with Gasteiger partial charge in [-0.15, -0.1) is 5.06 Å².